The van der Waals surface area contributed by atoms with Gasteiger partial charge in [-0.05, 0) is 0 Å². The summed E-state index contributed by atoms with van der Waals surface area (Å²) >= 11 is 0. The second-order valence-corrected chi connectivity index (χ2v) is 0. The van der Waals surface area contributed by atoms with Crippen molar-refractivity contribution in [2.45, 2.75) is 0 Å². The van der Waals surface area contributed by atoms with Crippen LogP contribution in [0, 0.1) is 41.7 Å². The molecule has 0 aromatic carbocycles. The summed E-state index contributed by atoms with van der Waals surface area (Å²) < 4.78 is 0. The van der Waals surface area contributed by atoms with E-state index >= 15 is 0 Å². The van der Waals surface area contributed by atoms with Gasteiger partial charge < -0.3 is 0 Å². The maximum absolute atomic E-state index is 4.00. The van der Waals surface area contributed by atoms with Crippen LogP contribution in [0.3, 0.4) is 0 Å². The van der Waals surface area contributed by atoms with Gasteiger partial charge >= 0.3 is 0 Å². The molecule has 0 spiro atoms. The van der Waals surface area contributed by atoms with E-state index in [0.717, 1.165) is 0 Å². The van der Waals surface area contributed by atoms with Crippen LogP contribution >= 0.6 is 0 Å². The van der Waals surface area contributed by atoms with Gasteiger partial charge in [-0.2, -0.15) is 0 Å². The summed E-state index contributed by atoms with van der Waals surface area (Å²) in [5.74, 6) is 8.00. The fourth-order valence-corrected chi connectivity index (χ4v) is 0. The van der Waals surface area contributed by atoms with E-state index in [1.165, 1.54) is 0 Å². The minimum atomic E-state index is 0. The van der Waals surface area contributed by atoms with Crippen LogP contribution in [0.1, 0.15) is 0 Å². The summed E-state index contributed by atoms with van der Waals surface area (Å²) in [6, 6.07) is 0. The van der Waals surface area contributed by atoms with Gasteiger partial charge in [-0.15, -0.1) is 0 Å². The molecule has 0 bridgehead atoms. The van der Waals surface area contributed by atoms with Gasteiger partial charge in [0.1, 0.15) is 0 Å². The Morgan fingerprint density at radius 2 is 1.00 bits per heavy atom. The molecule has 4 N–H and O–H groups in total. The van der Waals surface area contributed by atoms with Crippen LogP contribution in [0.4, 0.5) is 0 Å². The molecular formula is H4CeN2Zr. The van der Waals surface area contributed by atoms with Crippen LogP contribution in [-0.4, -0.2) is 0 Å². The van der Waals surface area contributed by atoms with E-state index in [-0.39, 0.29) is 68.0 Å². The summed E-state index contributed by atoms with van der Waals surface area (Å²) in [6.07, 6.45) is 0. The van der Waals surface area contributed by atoms with E-state index in [1.807, 2.05) is 0 Å². The minimum Gasteiger partial charge on any atom is -0.274 e. The van der Waals surface area contributed by atoms with Crippen LogP contribution in [0.5, 0.6) is 0 Å². The molecule has 0 heterocycles. The van der Waals surface area contributed by atoms with E-state index in [2.05, 4.69) is 11.7 Å². The zero-order valence-electron chi connectivity index (χ0n) is 2.15. The maximum Gasteiger partial charge on any atom is 0 e. The second-order valence-electron chi connectivity index (χ2n) is 0. The van der Waals surface area contributed by atoms with Crippen molar-refractivity contribution >= 4 is 0 Å². The topological polar surface area (TPSA) is 52.0 Å². The van der Waals surface area contributed by atoms with Gasteiger partial charge in [0.05, 0.1) is 0 Å². The first-order valence-corrected chi connectivity index (χ1v) is 0.333. The molecule has 22 valence electrons. The Morgan fingerprint density at radius 1 is 1.00 bits per heavy atom. The predicted octanol–water partition coefficient (Wildman–Crippen LogP) is -1.18. The normalized spacial score (nSPS) is 1.50. The van der Waals surface area contributed by atoms with E-state index in [1.54, 1.807) is 0 Å². The van der Waals surface area contributed by atoms with Crippen LogP contribution in [0.25, 0.3) is 0 Å². The smallest absolute Gasteiger partial charge is 0 e. The molecule has 0 saturated carbocycles. The first-order chi connectivity index (χ1) is 1.00. The second kappa shape index (κ2) is 19.0. The van der Waals surface area contributed by atoms with E-state index in [4.69, 9.17) is 0 Å². The molecule has 0 atom stereocenters. The van der Waals surface area contributed by atoms with Crippen molar-refractivity contribution < 1.29 is 68.0 Å². The molecule has 0 amide bonds. The SMILES string of the molecule is NN.[Ce].[Zr]. The molecule has 4 heavy (non-hydrogen) atoms. The average molecular weight is 263 g/mol. The zero-order chi connectivity index (χ0) is 2.00. The quantitative estimate of drug-likeness (QED) is 0.427. The Kier molecular flexibility index (Phi) is 78.1. The summed E-state index contributed by atoms with van der Waals surface area (Å²) in [6.45, 7) is 0. The number of hydrogen-bond acceptors (Lipinski definition) is 2. The van der Waals surface area contributed by atoms with Gasteiger partial charge in [0.2, 0.25) is 0 Å². The van der Waals surface area contributed by atoms with Gasteiger partial charge in [0, 0.05) is 68.0 Å². The van der Waals surface area contributed by atoms with E-state index in [9.17, 15) is 0 Å². The third kappa shape index (κ3) is 8.89. The Bertz CT molecular complexity index is 6.00. The largest absolute Gasteiger partial charge is 0.274 e. The molecule has 0 saturated heterocycles. The number of hydrogen-bond donors (Lipinski definition) is 2. The molecule has 4 heteroatoms. The Labute approximate surface area is 78.2 Å². The van der Waals surface area contributed by atoms with E-state index in [0.29, 0.717) is 0 Å². The molecule has 0 fully saturated rings. The van der Waals surface area contributed by atoms with Crippen molar-refractivity contribution in [2.75, 3.05) is 0 Å². The van der Waals surface area contributed by atoms with Gasteiger partial charge in [-0.1, -0.05) is 0 Å². The Balaban J connectivity index is -0.00000000500. The third-order valence-electron chi connectivity index (χ3n) is 0. The summed E-state index contributed by atoms with van der Waals surface area (Å²) in [5.41, 5.74) is 0. The van der Waals surface area contributed by atoms with Crippen LogP contribution < -0.4 is 11.7 Å². The molecule has 0 aromatic heterocycles. The maximum atomic E-state index is 4.00. The monoisotopic (exact) mass is 262 g/mol. The molecule has 0 aliphatic carbocycles. The van der Waals surface area contributed by atoms with Crippen LogP contribution in [-0.2, 0) is 26.2 Å². The van der Waals surface area contributed by atoms with Gasteiger partial charge in [0.15, 0.2) is 0 Å². The standard InChI is InChI=1S/Ce.H4N2.Zr/c;1-2;/h;1-2H2;. The fourth-order valence-electron chi connectivity index (χ4n) is 0. The van der Waals surface area contributed by atoms with Gasteiger partial charge in [0.25, 0.3) is 0 Å². The molecule has 2 nitrogen and oxygen atoms in total. The first-order valence-electron chi connectivity index (χ1n) is 0.333. The molecule has 0 radical (unpaired) electrons. The molecule has 0 aliphatic rings. The molecule has 0 rings (SSSR count). The average Bonchev–Trinajstić information content (AvgIpc) is 1.00. The van der Waals surface area contributed by atoms with Crippen molar-refractivity contribution in [2.24, 2.45) is 11.7 Å². The molecule has 0 aliphatic heterocycles. The fraction of sp³-hybridized carbons (Fsp3) is 0. The number of nitrogens with two attached hydrogens (primary N) is 2. The molecule has 0 aromatic rings. The summed E-state index contributed by atoms with van der Waals surface area (Å²) in [5, 5.41) is 0. The Morgan fingerprint density at radius 3 is 1.00 bits per heavy atom. The third-order valence-corrected chi connectivity index (χ3v) is 0. The van der Waals surface area contributed by atoms with Crippen molar-refractivity contribution in [3.63, 3.8) is 0 Å². The Hall–Kier alpha value is 2.18. The summed E-state index contributed by atoms with van der Waals surface area (Å²) in [7, 11) is 0. The number of hydrazine groups is 1. The molecular weight excluding hydrogens is 259 g/mol. The van der Waals surface area contributed by atoms with Crippen molar-refractivity contribution in [1.29, 1.82) is 0 Å². The predicted molar refractivity (Wildman–Crippen MR) is 8.37 cm³/mol. The van der Waals surface area contributed by atoms with Gasteiger partial charge in [-0.25, -0.2) is 0 Å². The number of rotatable bonds is 0. The first kappa shape index (κ1) is 16.4. The molecule has 0 unspecified atom stereocenters. The van der Waals surface area contributed by atoms with Crippen LogP contribution in [0.15, 0.2) is 0 Å². The van der Waals surface area contributed by atoms with E-state index < -0.39 is 0 Å². The summed E-state index contributed by atoms with van der Waals surface area (Å²) in [4.78, 5) is 0. The van der Waals surface area contributed by atoms with Crippen molar-refractivity contribution in [3.05, 3.63) is 0 Å². The minimum absolute atomic E-state index is 0. The zero-order valence-corrected chi connectivity index (χ0v) is 7.75. The van der Waals surface area contributed by atoms with Crippen LogP contribution in [0.2, 0.25) is 0 Å². The van der Waals surface area contributed by atoms with Crippen molar-refractivity contribution in [3.8, 4) is 0 Å². The van der Waals surface area contributed by atoms with Gasteiger partial charge in [-0.3, -0.25) is 11.7 Å². The van der Waals surface area contributed by atoms with Crippen molar-refractivity contribution in [1.82, 2.24) is 0 Å².